The molecule has 0 unspecified atom stereocenters. The molecule has 3 rings (SSSR count). The molecule has 7 nitrogen and oxygen atoms in total. The average molecular weight is 341 g/mol. The summed E-state index contributed by atoms with van der Waals surface area (Å²) in [6.07, 6.45) is 3.29. The van der Waals surface area contributed by atoms with Crippen LogP contribution in [0.25, 0.3) is 11.3 Å². The van der Waals surface area contributed by atoms with Crippen LogP contribution in [0, 0.1) is 5.82 Å². The fraction of sp³-hybridized carbons (Fsp3) is 0.176. The summed E-state index contributed by atoms with van der Waals surface area (Å²) in [5.41, 5.74) is 0.993. The van der Waals surface area contributed by atoms with E-state index >= 15 is 0 Å². The molecule has 1 amide bonds. The SMILES string of the molecule is O=C(Cn1cccn1)NCCn1nc(-c2ccc(F)cc2)ccc1=O. The van der Waals surface area contributed by atoms with Crippen LogP contribution in [0.5, 0.6) is 0 Å². The number of rotatable bonds is 6. The van der Waals surface area contributed by atoms with E-state index in [0.717, 1.165) is 0 Å². The Hall–Kier alpha value is -3.29. The third-order valence-electron chi connectivity index (χ3n) is 3.52. The molecule has 2 heterocycles. The predicted molar refractivity (Wildman–Crippen MR) is 89.1 cm³/mol. The Morgan fingerprint density at radius 3 is 2.68 bits per heavy atom. The van der Waals surface area contributed by atoms with Gasteiger partial charge in [-0.3, -0.25) is 14.3 Å². The van der Waals surface area contributed by atoms with Gasteiger partial charge in [0.15, 0.2) is 0 Å². The van der Waals surface area contributed by atoms with Crippen molar-refractivity contribution < 1.29 is 9.18 Å². The van der Waals surface area contributed by atoms with Crippen molar-refractivity contribution in [1.29, 1.82) is 0 Å². The number of hydrogen-bond donors (Lipinski definition) is 1. The van der Waals surface area contributed by atoms with Crippen LogP contribution >= 0.6 is 0 Å². The number of carbonyl (C=O) groups excluding carboxylic acids is 1. The zero-order chi connectivity index (χ0) is 17.6. The minimum absolute atomic E-state index is 0.116. The van der Waals surface area contributed by atoms with Gasteiger partial charge in [-0.2, -0.15) is 10.2 Å². The van der Waals surface area contributed by atoms with Crippen LogP contribution < -0.4 is 10.9 Å². The number of benzene rings is 1. The van der Waals surface area contributed by atoms with Crippen LogP contribution in [0.1, 0.15) is 0 Å². The zero-order valence-electron chi connectivity index (χ0n) is 13.3. The molecule has 0 fully saturated rings. The van der Waals surface area contributed by atoms with E-state index in [1.54, 1.807) is 36.7 Å². The number of aromatic nitrogens is 4. The highest BCUT2D eigenvalue weighted by molar-refractivity contribution is 5.75. The second-order valence-electron chi connectivity index (χ2n) is 5.34. The number of carbonyl (C=O) groups is 1. The topological polar surface area (TPSA) is 81.8 Å². The Morgan fingerprint density at radius 2 is 1.96 bits per heavy atom. The highest BCUT2D eigenvalue weighted by Crippen LogP contribution is 2.15. The number of amides is 1. The van der Waals surface area contributed by atoms with Crippen LogP contribution in [0.4, 0.5) is 4.39 Å². The molecule has 0 aliphatic rings. The Morgan fingerprint density at radius 1 is 1.16 bits per heavy atom. The molecule has 2 aromatic heterocycles. The Labute approximate surface area is 142 Å². The van der Waals surface area contributed by atoms with Crippen molar-refractivity contribution >= 4 is 5.91 Å². The van der Waals surface area contributed by atoms with Gasteiger partial charge in [-0.05, 0) is 36.4 Å². The fourth-order valence-electron chi connectivity index (χ4n) is 2.28. The Balaban J connectivity index is 1.62. The van der Waals surface area contributed by atoms with Gasteiger partial charge in [0.2, 0.25) is 5.91 Å². The molecule has 8 heteroatoms. The maximum Gasteiger partial charge on any atom is 0.266 e. The molecule has 0 atom stereocenters. The van der Waals surface area contributed by atoms with E-state index in [2.05, 4.69) is 15.5 Å². The van der Waals surface area contributed by atoms with Gasteiger partial charge in [-0.1, -0.05) is 0 Å². The molecular formula is C17H16FN5O2. The van der Waals surface area contributed by atoms with Gasteiger partial charge in [0, 0.05) is 30.6 Å². The van der Waals surface area contributed by atoms with Crippen molar-refractivity contribution in [2.75, 3.05) is 6.54 Å². The van der Waals surface area contributed by atoms with Crippen molar-refractivity contribution in [2.45, 2.75) is 13.1 Å². The summed E-state index contributed by atoms with van der Waals surface area (Å²) in [5.74, 6) is -0.539. The maximum atomic E-state index is 13.0. The first-order valence-corrected chi connectivity index (χ1v) is 7.70. The minimum Gasteiger partial charge on any atom is -0.353 e. The molecule has 0 aliphatic carbocycles. The van der Waals surface area contributed by atoms with Gasteiger partial charge < -0.3 is 5.32 Å². The summed E-state index contributed by atoms with van der Waals surface area (Å²) in [6.45, 7) is 0.615. The molecule has 1 aromatic carbocycles. The first-order chi connectivity index (χ1) is 12.1. The van der Waals surface area contributed by atoms with Crippen LogP contribution in [0.15, 0.2) is 59.7 Å². The van der Waals surface area contributed by atoms with Gasteiger partial charge in [0.25, 0.3) is 5.56 Å². The first-order valence-electron chi connectivity index (χ1n) is 7.70. The van der Waals surface area contributed by atoms with Crippen molar-refractivity contribution in [3.63, 3.8) is 0 Å². The quantitative estimate of drug-likeness (QED) is 0.727. The smallest absolute Gasteiger partial charge is 0.266 e. The standard InChI is InChI=1S/C17H16FN5O2/c18-14-4-2-13(3-5-14)15-6-7-17(25)23(21-15)11-9-19-16(24)12-22-10-1-8-20-22/h1-8,10H,9,11-12H2,(H,19,24). The first kappa shape index (κ1) is 16.6. The van der Waals surface area contributed by atoms with E-state index in [1.165, 1.54) is 27.6 Å². The molecule has 0 aliphatic heterocycles. The number of halogens is 1. The van der Waals surface area contributed by atoms with Crippen LogP contribution in [0.2, 0.25) is 0 Å². The molecular weight excluding hydrogens is 325 g/mol. The molecule has 1 N–H and O–H groups in total. The van der Waals surface area contributed by atoms with Gasteiger partial charge >= 0.3 is 0 Å². The van der Waals surface area contributed by atoms with Gasteiger partial charge in [-0.15, -0.1) is 0 Å². The number of nitrogens with one attached hydrogen (secondary N) is 1. The number of hydrogen-bond acceptors (Lipinski definition) is 4. The molecule has 0 spiro atoms. The summed E-state index contributed by atoms with van der Waals surface area (Å²) in [6, 6.07) is 10.6. The van der Waals surface area contributed by atoms with E-state index in [1.807, 2.05) is 0 Å². The summed E-state index contributed by atoms with van der Waals surface area (Å²) < 4.78 is 15.8. The lowest BCUT2D eigenvalue weighted by Crippen LogP contribution is -2.33. The molecule has 3 aromatic rings. The zero-order valence-corrected chi connectivity index (χ0v) is 13.3. The van der Waals surface area contributed by atoms with E-state index in [4.69, 9.17) is 0 Å². The van der Waals surface area contributed by atoms with E-state index in [9.17, 15) is 14.0 Å². The fourth-order valence-corrected chi connectivity index (χ4v) is 2.28. The Kier molecular flexibility index (Phi) is 4.98. The number of nitrogens with zero attached hydrogens (tertiary/aromatic N) is 4. The highest BCUT2D eigenvalue weighted by Gasteiger charge is 2.06. The van der Waals surface area contributed by atoms with E-state index in [-0.39, 0.29) is 36.9 Å². The molecule has 25 heavy (non-hydrogen) atoms. The van der Waals surface area contributed by atoms with Crippen LogP contribution in [-0.4, -0.2) is 32.0 Å². The normalized spacial score (nSPS) is 10.6. The second kappa shape index (κ2) is 7.52. The largest absolute Gasteiger partial charge is 0.353 e. The lowest BCUT2D eigenvalue weighted by molar-refractivity contribution is -0.121. The molecule has 0 saturated carbocycles. The van der Waals surface area contributed by atoms with Gasteiger partial charge in [-0.25, -0.2) is 9.07 Å². The minimum atomic E-state index is -0.336. The van der Waals surface area contributed by atoms with E-state index < -0.39 is 0 Å². The molecule has 0 radical (unpaired) electrons. The van der Waals surface area contributed by atoms with Gasteiger partial charge in [0.05, 0.1) is 12.2 Å². The van der Waals surface area contributed by atoms with Gasteiger partial charge in [0.1, 0.15) is 12.4 Å². The summed E-state index contributed by atoms with van der Waals surface area (Å²) in [5, 5.41) is 10.9. The van der Waals surface area contributed by atoms with Crippen molar-refractivity contribution in [3.8, 4) is 11.3 Å². The van der Waals surface area contributed by atoms with Crippen LogP contribution in [-0.2, 0) is 17.9 Å². The second-order valence-corrected chi connectivity index (χ2v) is 5.34. The van der Waals surface area contributed by atoms with Crippen molar-refractivity contribution in [1.82, 2.24) is 24.9 Å². The van der Waals surface area contributed by atoms with Crippen molar-refractivity contribution in [2.24, 2.45) is 0 Å². The van der Waals surface area contributed by atoms with Crippen molar-refractivity contribution in [3.05, 3.63) is 71.0 Å². The molecule has 128 valence electrons. The predicted octanol–water partition coefficient (Wildman–Crippen LogP) is 1.06. The average Bonchev–Trinajstić information content (AvgIpc) is 3.10. The van der Waals surface area contributed by atoms with E-state index in [0.29, 0.717) is 11.3 Å². The lowest BCUT2D eigenvalue weighted by Gasteiger charge is -2.09. The monoisotopic (exact) mass is 341 g/mol. The molecule has 0 saturated heterocycles. The summed E-state index contributed by atoms with van der Waals surface area (Å²) in [7, 11) is 0. The Bertz CT molecular complexity index is 904. The maximum absolute atomic E-state index is 13.0. The highest BCUT2D eigenvalue weighted by atomic mass is 19.1. The third kappa shape index (κ3) is 4.37. The summed E-state index contributed by atoms with van der Waals surface area (Å²) in [4.78, 5) is 23.7. The summed E-state index contributed by atoms with van der Waals surface area (Å²) >= 11 is 0. The molecule has 0 bridgehead atoms. The third-order valence-corrected chi connectivity index (χ3v) is 3.52. The van der Waals surface area contributed by atoms with Crippen LogP contribution in [0.3, 0.4) is 0 Å². The lowest BCUT2D eigenvalue weighted by atomic mass is 10.1.